The first-order chi connectivity index (χ1) is 9.58. The predicted molar refractivity (Wildman–Crippen MR) is 82.6 cm³/mol. The SMILES string of the molecule is CC(Cc1ccccc1)Nc1cccc(C(N)=O)c1N. The lowest BCUT2D eigenvalue weighted by molar-refractivity contribution is 0.100. The van der Waals surface area contributed by atoms with Crippen LogP contribution >= 0.6 is 0 Å². The highest BCUT2D eigenvalue weighted by Gasteiger charge is 2.11. The summed E-state index contributed by atoms with van der Waals surface area (Å²) in [7, 11) is 0. The molecule has 2 rings (SSSR count). The second-order valence-electron chi connectivity index (χ2n) is 4.87. The van der Waals surface area contributed by atoms with E-state index in [1.54, 1.807) is 12.1 Å². The van der Waals surface area contributed by atoms with Gasteiger partial charge in [-0.2, -0.15) is 0 Å². The number of carbonyl (C=O) groups excluding carboxylic acids is 1. The van der Waals surface area contributed by atoms with Gasteiger partial charge in [0.2, 0.25) is 0 Å². The molecule has 0 saturated carbocycles. The van der Waals surface area contributed by atoms with Gasteiger partial charge in [0.15, 0.2) is 0 Å². The third-order valence-corrected chi connectivity index (χ3v) is 3.16. The molecule has 0 aliphatic heterocycles. The predicted octanol–water partition coefficient (Wildman–Crippen LogP) is 2.41. The van der Waals surface area contributed by atoms with Gasteiger partial charge in [0, 0.05) is 6.04 Å². The van der Waals surface area contributed by atoms with E-state index >= 15 is 0 Å². The van der Waals surface area contributed by atoms with Crippen LogP contribution in [0.15, 0.2) is 48.5 Å². The molecule has 0 radical (unpaired) electrons. The van der Waals surface area contributed by atoms with E-state index in [1.165, 1.54) is 5.56 Å². The normalized spacial score (nSPS) is 11.8. The van der Waals surface area contributed by atoms with Crippen LogP contribution in [-0.2, 0) is 6.42 Å². The smallest absolute Gasteiger partial charge is 0.250 e. The van der Waals surface area contributed by atoms with E-state index in [4.69, 9.17) is 11.5 Å². The lowest BCUT2D eigenvalue weighted by atomic mass is 10.1. The molecule has 0 fully saturated rings. The number of para-hydroxylation sites is 1. The number of hydrogen-bond donors (Lipinski definition) is 3. The van der Waals surface area contributed by atoms with Crippen LogP contribution in [0.3, 0.4) is 0 Å². The topological polar surface area (TPSA) is 81.1 Å². The average molecular weight is 269 g/mol. The van der Waals surface area contributed by atoms with Crippen LogP contribution in [0, 0.1) is 0 Å². The summed E-state index contributed by atoms with van der Waals surface area (Å²) in [5, 5.41) is 3.32. The number of primary amides is 1. The molecule has 4 heteroatoms. The number of nitrogen functional groups attached to an aromatic ring is 1. The molecule has 2 aromatic rings. The molecule has 0 heterocycles. The van der Waals surface area contributed by atoms with Crippen molar-refractivity contribution in [1.82, 2.24) is 0 Å². The van der Waals surface area contributed by atoms with Crippen molar-refractivity contribution in [3.05, 3.63) is 59.7 Å². The highest BCUT2D eigenvalue weighted by molar-refractivity contribution is 6.00. The maximum absolute atomic E-state index is 11.3. The highest BCUT2D eigenvalue weighted by Crippen LogP contribution is 2.23. The number of benzene rings is 2. The summed E-state index contributed by atoms with van der Waals surface area (Å²) in [5.41, 5.74) is 14.0. The summed E-state index contributed by atoms with van der Waals surface area (Å²) < 4.78 is 0. The third kappa shape index (κ3) is 3.29. The second kappa shape index (κ2) is 6.10. The van der Waals surface area contributed by atoms with Gasteiger partial charge in [0.1, 0.15) is 0 Å². The molecular weight excluding hydrogens is 250 g/mol. The van der Waals surface area contributed by atoms with Crippen molar-refractivity contribution in [2.45, 2.75) is 19.4 Å². The third-order valence-electron chi connectivity index (χ3n) is 3.16. The molecule has 0 aliphatic rings. The second-order valence-corrected chi connectivity index (χ2v) is 4.87. The van der Waals surface area contributed by atoms with E-state index in [0.717, 1.165) is 12.1 Å². The Bertz CT molecular complexity index is 596. The largest absolute Gasteiger partial charge is 0.396 e. The Morgan fingerprint density at radius 3 is 2.50 bits per heavy atom. The summed E-state index contributed by atoms with van der Waals surface area (Å²) in [4.78, 5) is 11.3. The minimum absolute atomic E-state index is 0.197. The van der Waals surface area contributed by atoms with Crippen LogP contribution in [0.2, 0.25) is 0 Å². The summed E-state index contributed by atoms with van der Waals surface area (Å²) in [5.74, 6) is -0.512. The summed E-state index contributed by atoms with van der Waals surface area (Å²) >= 11 is 0. The number of rotatable bonds is 5. The molecule has 1 unspecified atom stereocenters. The lowest BCUT2D eigenvalue weighted by Crippen LogP contribution is -2.20. The molecule has 4 nitrogen and oxygen atoms in total. The Hall–Kier alpha value is -2.49. The van der Waals surface area contributed by atoms with Crippen molar-refractivity contribution in [2.24, 2.45) is 5.73 Å². The van der Waals surface area contributed by atoms with E-state index in [1.807, 2.05) is 24.3 Å². The van der Waals surface area contributed by atoms with Crippen molar-refractivity contribution in [3.8, 4) is 0 Å². The van der Waals surface area contributed by atoms with Gasteiger partial charge in [-0.1, -0.05) is 36.4 Å². The first kappa shape index (κ1) is 13.9. The Balaban J connectivity index is 2.10. The molecule has 0 spiro atoms. The fourth-order valence-electron chi connectivity index (χ4n) is 2.19. The molecule has 20 heavy (non-hydrogen) atoms. The van der Waals surface area contributed by atoms with Gasteiger partial charge in [-0.3, -0.25) is 4.79 Å². The molecule has 2 aromatic carbocycles. The van der Waals surface area contributed by atoms with E-state index in [9.17, 15) is 4.79 Å². The minimum atomic E-state index is -0.512. The summed E-state index contributed by atoms with van der Waals surface area (Å²) in [6.07, 6.45) is 0.876. The molecule has 1 atom stereocenters. The monoisotopic (exact) mass is 269 g/mol. The molecule has 0 aromatic heterocycles. The Morgan fingerprint density at radius 2 is 1.85 bits per heavy atom. The summed E-state index contributed by atoms with van der Waals surface area (Å²) in [6, 6.07) is 15.7. The molecule has 0 bridgehead atoms. The molecule has 5 N–H and O–H groups in total. The molecule has 104 valence electrons. The zero-order chi connectivity index (χ0) is 14.5. The molecular formula is C16H19N3O. The van der Waals surface area contributed by atoms with Gasteiger partial charge in [0.05, 0.1) is 16.9 Å². The lowest BCUT2D eigenvalue weighted by Gasteiger charge is -2.18. The average Bonchev–Trinajstić information content (AvgIpc) is 2.42. The molecule has 0 aliphatic carbocycles. The Labute approximate surface area is 118 Å². The van der Waals surface area contributed by atoms with Gasteiger partial charge in [-0.25, -0.2) is 0 Å². The zero-order valence-corrected chi connectivity index (χ0v) is 11.5. The standard InChI is InChI=1S/C16H19N3O/c1-11(10-12-6-3-2-4-7-12)19-14-9-5-8-13(15(14)17)16(18)20/h2-9,11,19H,10,17H2,1H3,(H2,18,20). The van der Waals surface area contributed by atoms with Gasteiger partial charge >= 0.3 is 0 Å². The van der Waals surface area contributed by atoms with Crippen molar-refractivity contribution in [2.75, 3.05) is 11.1 Å². The quantitative estimate of drug-likeness (QED) is 0.729. The number of nitrogens with one attached hydrogen (secondary N) is 1. The van der Waals surface area contributed by atoms with E-state index in [-0.39, 0.29) is 6.04 Å². The highest BCUT2D eigenvalue weighted by atomic mass is 16.1. The van der Waals surface area contributed by atoms with Crippen molar-refractivity contribution >= 4 is 17.3 Å². The summed E-state index contributed by atoms with van der Waals surface area (Å²) in [6.45, 7) is 2.07. The van der Waals surface area contributed by atoms with Gasteiger partial charge < -0.3 is 16.8 Å². The van der Waals surface area contributed by atoms with E-state index < -0.39 is 5.91 Å². The fourth-order valence-corrected chi connectivity index (χ4v) is 2.19. The van der Waals surface area contributed by atoms with Crippen LogP contribution in [-0.4, -0.2) is 11.9 Å². The van der Waals surface area contributed by atoms with Crippen LogP contribution in [0.4, 0.5) is 11.4 Å². The van der Waals surface area contributed by atoms with Gasteiger partial charge in [-0.05, 0) is 31.0 Å². The molecule has 1 amide bonds. The first-order valence-corrected chi connectivity index (χ1v) is 6.56. The minimum Gasteiger partial charge on any atom is -0.396 e. The van der Waals surface area contributed by atoms with Crippen LogP contribution in [0.25, 0.3) is 0 Å². The fraction of sp³-hybridized carbons (Fsp3) is 0.188. The van der Waals surface area contributed by atoms with Crippen LogP contribution < -0.4 is 16.8 Å². The number of hydrogen-bond acceptors (Lipinski definition) is 3. The van der Waals surface area contributed by atoms with Gasteiger partial charge in [0.25, 0.3) is 5.91 Å². The number of anilines is 2. The van der Waals surface area contributed by atoms with Crippen LogP contribution in [0.5, 0.6) is 0 Å². The van der Waals surface area contributed by atoms with Crippen molar-refractivity contribution in [1.29, 1.82) is 0 Å². The van der Waals surface area contributed by atoms with E-state index in [2.05, 4.69) is 24.4 Å². The first-order valence-electron chi connectivity index (χ1n) is 6.56. The van der Waals surface area contributed by atoms with Crippen molar-refractivity contribution < 1.29 is 4.79 Å². The van der Waals surface area contributed by atoms with Crippen molar-refractivity contribution in [3.63, 3.8) is 0 Å². The van der Waals surface area contributed by atoms with E-state index in [0.29, 0.717) is 11.3 Å². The zero-order valence-electron chi connectivity index (χ0n) is 11.5. The number of nitrogens with two attached hydrogens (primary N) is 2. The van der Waals surface area contributed by atoms with Crippen LogP contribution in [0.1, 0.15) is 22.8 Å². The maximum atomic E-state index is 11.3. The Morgan fingerprint density at radius 1 is 1.15 bits per heavy atom. The number of amides is 1. The Kier molecular flexibility index (Phi) is 4.25. The maximum Gasteiger partial charge on any atom is 0.250 e. The molecule has 0 saturated heterocycles. The van der Waals surface area contributed by atoms with Gasteiger partial charge in [-0.15, -0.1) is 0 Å². The number of carbonyl (C=O) groups is 1.